The summed E-state index contributed by atoms with van der Waals surface area (Å²) in [6.07, 6.45) is 0. The molecule has 0 aromatic carbocycles. The van der Waals surface area contributed by atoms with Crippen molar-refractivity contribution in [2.24, 2.45) is 0 Å². The molecule has 0 fully saturated rings. The number of fused-ring (bicyclic) bond motifs is 4. The fraction of sp³-hybridized carbons (Fsp3) is 0.360. The largest absolute Gasteiger partial charge is 0.485 e. The molecular weight excluding hydrogens is 557 g/mol. The summed E-state index contributed by atoms with van der Waals surface area (Å²) in [5.41, 5.74) is 0. The fourth-order valence-corrected chi connectivity index (χ4v) is 9.51. The predicted molar refractivity (Wildman–Crippen MR) is 143 cm³/mol. The van der Waals surface area contributed by atoms with Crippen LogP contribution in [-0.4, -0.2) is 52.9 Å². The first-order valence-corrected chi connectivity index (χ1v) is 15.2. The maximum Gasteiger partial charge on any atom is 0.181 e. The third-order valence-electron chi connectivity index (χ3n) is 6.28. The summed E-state index contributed by atoms with van der Waals surface area (Å²) in [6.45, 7) is 6.17. The van der Waals surface area contributed by atoms with Crippen LogP contribution in [0.2, 0.25) is 0 Å². The molecule has 0 saturated heterocycles. The normalized spacial score (nSPS) is 17.1. The molecule has 4 aromatic rings. The van der Waals surface area contributed by atoms with Gasteiger partial charge in [-0.3, -0.25) is 0 Å². The summed E-state index contributed by atoms with van der Waals surface area (Å²) in [4.78, 5) is 6.96. The van der Waals surface area contributed by atoms with Crippen molar-refractivity contribution in [1.82, 2.24) is 0 Å². The molecule has 4 aliphatic rings. The zero-order valence-electron chi connectivity index (χ0n) is 19.6. The quantitative estimate of drug-likeness (QED) is 0.280. The molecule has 0 N–H and O–H groups in total. The Morgan fingerprint density at radius 2 is 0.811 bits per heavy atom. The van der Waals surface area contributed by atoms with E-state index in [1.807, 2.05) is 5.38 Å². The molecule has 0 bridgehead atoms. The monoisotopic (exact) mass is 576 g/mol. The van der Waals surface area contributed by atoms with Crippen molar-refractivity contribution in [3.05, 3.63) is 10.3 Å². The van der Waals surface area contributed by atoms with Gasteiger partial charge < -0.3 is 37.9 Å². The minimum absolute atomic E-state index is 0.485. The Labute approximate surface area is 227 Å². The van der Waals surface area contributed by atoms with Gasteiger partial charge in [0.05, 0.1) is 29.3 Å². The number of aryl methyl sites for hydroxylation is 1. The van der Waals surface area contributed by atoms with Crippen LogP contribution in [0.1, 0.15) is 4.88 Å². The lowest BCUT2D eigenvalue weighted by molar-refractivity contribution is 0.171. The highest BCUT2D eigenvalue weighted by Gasteiger charge is 2.37. The second-order valence-electron chi connectivity index (χ2n) is 8.53. The first-order valence-electron chi connectivity index (χ1n) is 11.9. The Morgan fingerprint density at radius 1 is 0.432 bits per heavy atom. The third kappa shape index (κ3) is 3.35. The summed E-state index contributed by atoms with van der Waals surface area (Å²) in [6, 6.07) is 0. The van der Waals surface area contributed by atoms with Gasteiger partial charge in [0.25, 0.3) is 0 Å². The summed E-state index contributed by atoms with van der Waals surface area (Å²) < 4.78 is 48.6. The summed E-state index contributed by atoms with van der Waals surface area (Å²) in [5, 5.41) is 1.99. The van der Waals surface area contributed by atoms with Crippen LogP contribution < -0.4 is 37.9 Å². The summed E-state index contributed by atoms with van der Waals surface area (Å²) in [7, 11) is 0. The van der Waals surface area contributed by atoms with Gasteiger partial charge in [-0.2, -0.15) is 0 Å². The predicted octanol–water partition coefficient (Wildman–Crippen LogP) is 6.33. The van der Waals surface area contributed by atoms with Crippen molar-refractivity contribution in [1.29, 1.82) is 0 Å². The molecule has 4 aliphatic heterocycles. The zero-order valence-corrected chi connectivity index (χ0v) is 22.9. The van der Waals surface area contributed by atoms with Crippen LogP contribution in [0, 0.1) is 6.92 Å². The van der Waals surface area contributed by atoms with E-state index in [-0.39, 0.29) is 0 Å². The average molecular weight is 577 g/mol. The Balaban J connectivity index is 1.32. The van der Waals surface area contributed by atoms with Crippen LogP contribution in [0.15, 0.2) is 5.38 Å². The smallest absolute Gasteiger partial charge is 0.181 e. The zero-order chi connectivity index (χ0) is 24.5. The molecule has 0 amide bonds. The highest BCUT2D eigenvalue weighted by atomic mass is 32.1. The molecule has 0 spiro atoms. The number of hydrogen-bond donors (Lipinski definition) is 0. The summed E-state index contributed by atoms with van der Waals surface area (Å²) in [5.74, 6) is 6.12. The first-order chi connectivity index (χ1) is 18.3. The van der Waals surface area contributed by atoms with Crippen LogP contribution in [0.25, 0.3) is 29.3 Å². The van der Waals surface area contributed by atoms with Gasteiger partial charge in [0.15, 0.2) is 46.0 Å². The Hall–Kier alpha value is -2.80. The molecule has 192 valence electrons. The lowest BCUT2D eigenvalue weighted by atomic mass is 10.2. The van der Waals surface area contributed by atoms with Crippen molar-refractivity contribution < 1.29 is 37.9 Å². The lowest BCUT2D eigenvalue weighted by Crippen LogP contribution is -2.16. The standard InChI is InChI=1S/C25H20O8S4/c1-11-13-15(29-5-4-27-13)22(35-11)23-18-19(33-9-8-32-18)25(37-23)24-17-16(30-6-7-31-17)21(36-24)20-14-12(10-34-20)26-2-3-28-14/h10H,2-9H2,1H3. The van der Waals surface area contributed by atoms with Crippen LogP contribution >= 0.6 is 45.3 Å². The van der Waals surface area contributed by atoms with E-state index in [9.17, 15) is 0 Å². The van der Waals surface area contributed by atoms with Crippen molar-refractivity contribution in [3.63, 3.8) is 0 Å². The fourth-order valence-electron chi connectivity index (χ4n) is 4.76. The van der Waals surface area contributed by atoms with Gasteiger partial charge in [0, 0.05) is 10.3 Å². The minimum atomic E-state index is 0.485. The topological polar surface area (TPSA) is 73.8 Å². The summed E-state index contributed by atoms with van der Waals surface area (Å²) >= 11 is 6.50. The molecule has 0 aliphatic carbocycles. The Bertz CT molecular complexity index is 1530. The van der Waals surface area contributed by atoms with Gasteiger partial charge in [-0.05, 0) is 6.92 Å². The molecule has 4 aromatic heterocycles. The van der Waals surface area contributed by atoms with Crippen LogP contribution in [0.3, 0.4) is 0 Å². The van der Waals surface area contributed by atoms with Gasteiger partial charge in [-0.15, -0.1) is 45.3 Å². The van der Waals surface area contributed by atoms with Crippen LogP contribution in [-0.2, 0) is 0 Å². The van der Waals surface area contributed by atoms with Crippen molar-refractivity contribution in [3.8, 4) is 75.3 Å². The molecular formula is C25H20O8S4. The molecule has 0 unspecified atom stereocenters. The van der Waals surface area contributed by atoms with E-state index in [1.165, 1.54) is 0 Å². The molecule has 0 radical (unpaired) electrons. The van der Waals surface area contributed by atoms with Crippen LogP contribution in [0.5, 0.6) is 46.0 Å². The van der Waals surface area contributed by atoms with E-state index in [0.717, 1.165) is 80.1 Å². The molecule has 8 heterocycles. The number of thiophene rings is 4. The van der Waals surface area contributed by atoms with Gasteiger partial charge in [-0.1, -0.05) is 0 Å². The van der Waals surface area contributed by atoms with E-state index in [4.69, 9.17) is 37.9 Å². The molecule has 0 saturated carbocycles. The molecule has 37 heavy (non-hydrogen) atoms. The molecule has 8 nitrogen and oxygen atoms in total. The van der Waals surface area contributed by atoms with Gasteiger partial charge in [0.2, 0.25) is 0 Å². The van der Waals surface area contributed by atoms with E-state index in [2.05, 4.69) is 6.92 Å². The Kier molecular flexibility index (Phi) is 5.17. The number of ether oxygens (including phenoxy) is 8. The molecule has 8 rings (SSSR count). The highest BCUT2D eigenvalue weighted by Crippen LogP contribution is 2.64. The van der Waals surface area contributed by atoms with E-state index >= 15 is 0 Å². The van der Waals surface area contributed by atoms with Crippen molar-refractivity contribution >= 4 is 45.3 Å². The lowest BCUT2D eigenvalue weighted by Gasteiger charge is -2.19. The van der Waals surface area contributed by atoms with Crippen molar-refractivity contribution in [2.75, 3.05) is 52.9 Å². The Morgan fingerprint density at radius 3 is 1.35 bits per heavy atom. The molecule has 12 heteroatoms. The van der Waals surface area contributed by atoms with Gasteiger partial charge in [0.1, 0.15) is 52.9 Å². The molecule has 0 atom stereocenters. The highest BCUT2D eigenvalue weighted by molar-refractivity contribution is 7.29. The second-order valence-corrected chi connectivity index (χ2v) is 12.7. The van der Waals surface area contributed by atoms with Gasteiger partial charge in [-0.25, -0.2) is 0 Å². The second kappa shape index (κ2) is 8.62. The number of rotatable bonds is 3. The first kappa shape index (κ1) is 22.2. The van der Waals surface area contributed by atoms with Crippen LogP contribution in [0.4, 0.5) is 0 Å². The minimum Gasteiger partial charge on any atom is -0.485 e. The van der Waals surface area contributed by atoms with E-state index in [0.29, 0.717) is 52.9 Å². The van der Waals surface area contributed by atoms with E-state index < -0.39 is 0 Å². The SMILES string of the molecule is Cc1sc(-c2sc(-c3sc(-c4scc5c4OCCO5)c4c3OCCO4)c3c2OCCO3)c2c1OCCO2. The van der Waals surface area contributed by atoms with Crippen molar-refractivity contribution in [2.45, 2.75) is 6.92 Å². The average Bonchev–Trinajstić information content (AvgIpc) is 3.71. The van der Waals surface area contributed by atoms with E-state index in [1.54, 1.807) is 45.3 Å². The maximum absolute atomic E-state index is 6.23. The number of hydrogen-bond acceptors (Lipinski definition) is 12. The van der Waals surface area contributed by atoms with Gasteiger partial charge >= 0.3 is 0 Å². The third-order valence-corrected chi connectivity index (χ3v) is 11.1. The maximum atomic E-state index is 6.23.